The van der Waals surface area contributed by atoms with Crippen LogP contribution in [0.1, 0.15) is 56.1 Å². The molecule has 0 bridgehead atoms. The van der Waals surface area contributed by atoms with Gasteiger partial charge in [0.05, 0.1) is 6.10 Å². The van der Waals surface area contributed by atoms with Crippen LogP contribution in [0.5, 0.6) is 5.75 Å². The van der Waals surface area contributed by atoms with Gasteiger partial charge in [-0.2, -0.15) is 0 Å². The molecular weight excluding hydrogens is 304 g/mol. The number of phenols is 1. The van der Waals surface area contributed by atoms with E-state index in [4.69, 9.17) is 4.79 Å². The Morgan fingerprint density at radius 3 is 2.62 bits per heavy atom. The summed E-state index contributed by atoms with van der Waals surface area (Å²) >= 11 is 0. The summed E-state index contributed by atoms with van der Waals surface area (Å²) in [4.78, 5) is 9.00. The minimum atomic E-state index is -0.833. The van der Waals surface area contributed by atoms with Gasteiger partial charge < -0.3 is 21.7 Å². The normalized spacial score (nSPS) is 36.6. The van der Waals surface area contributed by atoms with Crippen LogP contribution in [-0.4, -0.2) is 22.3 Å². The second-order valence-corrected chi connectivity index (χ2v) is 7.84. The number of benzene rings is 1. The van der Waals surface area contributed by atoms with Crippen LogP contribution in [0.15, 0.2) is 18.2 Å². The lowest BCUT2D eigenvalue weighted by molar-refractivity contribution is -0.0226. The number of aliphatic hydroxyl groups excluding tert-OH is 1. The Morgan fingerprint density at radius 2 is 1.92 bits per heavy atom. The number of urea groups is 1. The molecule has 4 rings (SSSR count). The van der Waals surface area contributed by atoms with Gasteiger partial charge in [-0.1, -0.05) is 13.0 Å². The Balaban J connectivity index is 0.000000383. The highest BCUT2D eigenvalue weighted by Crippen LogP contribution is 2.60. The lowest BCUT2D eigenvalue weighted by atomic mass is 9.55. The van der Waals surface area contributed by atoms with E-state index in [1.54, 1.807) is 0 Å². The number of phenolic OH excluding ortho intramolecular Hbond substituents is 1. The SMILES string of the molecule is C[C@]12CC[C@@H]3c4ccc(O)cc4CC[C@H]3[C@@H]1CC[C@@H]2O.NC(N)=O. The number of primary amides is 2. The zero-order chi connectivity index (χ0) is 17.5. The summed E-state index contributed by atoms with van der Waals surface area (Å²) in [6.45, 7) is 2.32. The van der Waals surface area contributed by atoms with Gasteiger partial charge in [0, 0.05) is 0 Å². The quantitative estimate of drug-likeness (QED) is 0.586. The molecule has 2 fully saturated rings. The predicted molar refractivity (Wildman–Crippen MR) is 92.5 cm³/mol. The van der Waals surface area contributed by atoms with Crippen molar-refractivity contribution >= 4 is 6.03 Å². The highest BCUT2D eigenvalue weighted by molar-refractivity contribution is 5.69. The van der Waals surface area contributed by atoms with Crippen molar-refractivity contribution in [3.8, 4) is 5.75 Å². The summed E-state index contributed by atoms with van der Waals surface area (Å²) in [7, 11) is 0. The van der Waals surface area contributed by atoms with Crippen molar-refractivity contribution in [1.29, 1.82) is 0 Å². The van der Waals surface area contributed by atoms with E-state index in [-0.39, 0.29) is 11.5 Å². The summed E-state index contributed by atoms with van der Waals surface area (Å²) in [5.74, 6) is 2.49. The minimum absolute atomic E-state index is 0.0883. The molecule has 0 heterocycles. The van der Waals surface area contributed by atoms with Crippen LogP contribution >= 0.6 is 0 Å². The first-order valence-corrected chi connectivity index (χ1v) is 8.87. The van der Waals surface area contributed by atoms with Gasteiger partial charge >= 0.3 is 6.03 Å². The van der Waals surface area contributed by atoms with Gasteiger partial charge in [-0.05, 0) is 85.0 Å². The maximum absolute atomic E-state index is 10.4. The highest BCUT2D eigenvalue weighted by atomic mass is 16.3. The van der Waals surface area contributed by atoms with Crippen LogP contribution in [0.4, 0.5) is 4.79 Å². The number of aryl methyl sites for hydroxylation is 1. The molecule has 0 unspecified atom stereocenters. The third-order valence-corrected chi connectivity index (χ3v) is 6.66. The van der Waals surface area contributed by atoms with Crippen LogP contribution in [0.3, 0.4) is 0 Å². The van der Waals surface area contributed by atoms with E-state index < -0.39 is 6.03 Å². The van der Waals surface area contributed by atoms with Gasteiger partial charge in [-0.15, -0.1) is 0 Å². The molecule has 0 aromatic heterocycles. The minimum Gasteiger partial charge on any atom is -0.508 e. The molecular formula is C19H28N2O3. The third-order valence-electron chi connectivity index (χ3n) is 6.66. The number of rotatable bonds is 0. The molecule has 0 spiro atoms. The molecule has 3 aliphatic rings. The number of hydrogen-bond acceptors (Lipinski definition) is 3. The van der Waals surface area contributed by atoms with Crippen molar-refractivity contribution in [1.82, 2.24) is 0 Å². The van der Waals surface area contributed by atoms with E-state index in [0.717, 1.165) is 25.2 Å². The van der Waals surface area contributed by atoms with E-state index in [0.29, 0.717) is 17.6 Å². The zero-order valence-corrected chi connectivity index (χ0v) is 14.2. The summed E-state index contributed by atoms with van der Waals surface area (Å²) < 4.78 is 0. The number of amides is 2. The number of carbonyl (C=O) groups is 1. The van der Waals surface area contributed by atoms with Crippen molar-refractivity contribution in [3.63, 3.8) is 0 Å². The molecule has 0 saturated heterocycles. The fourth-order valence-electron chi connectivity index (χ4n) is 5.54. The van der Waals surface area contributed by atoms with Crippen LogP contribution < -0.4 is 11.5 Å². The van der Waals surface area contributed by atoms with Crippen molar-refractivity contribution < 1.29 is 15.0 Å². The number of fused-ring (bicyclic) bond motifs is 5. The van der Waals surface area contributed by atoms with Gasteiger partial charge in [0.15, 0.2) is 0 Å². The Morgan fingerprint density at radius 1 is 1.21 bits per heavy atom. The fourth-order valence-corrected chi connectivity index (χ4v) is 5.54. The number of aromatic hydroxyl groups is 1. The number of carbonyl (C=O) groups excluding carboxylic acids is 1. The molecule has 0 radical (unpaired) electrons. The average molecular weight is 332 g/mol. The van der Waals surface area contributed by atoms with Gasteiger partial charge in [0.25, 0.3) is 0 Å². The van der Waals surface area contributed by atoms with E-state index in [2.05, 4.69) is 24.5 Å². The molecule has 5 heteroatoms. The van der Waals surface area contributed by atoms with Crippen molar-refractivity contribution in [2.24, 2.45) is 28.7 Å². The average Bonchev–Trinajstić information content (AvgIpc) is 2.82. The topological polar surface area (TPSA) is 110 Å². The first-order valence-electron chi connectivity index (χ1n) is 8.87. The molecule has 1 aromatic rings. The van der Waals surface area contributed by atoms with Crippen molar-refractivity contribution in [2.75, 3.05) is 0 Å². The maximum atomic E-state index is 10.4. The largest absolute Gasteiger partial charge is 0.508 e. The smallest absolute Gasteiger partial charge is 0.309 e. The molecule has 3 aliphatic carbocycles. The first-order chi connectivity index (χ1) is 11.3. The maximum Gasteiger partial charge on any atom is 0.309 e. The number of aliphatic hydroxyl groups is 1. The number of nitrogens with two attached hydrogens (primary N) is 2. The van der Waals surface area contributed by atoms with Crippen molar-refractivity contribution in [3.05, 3.63) is 29.3 Å². The van der Waals surface area contributed by atoms with Gasteiger partial charge in [-0.25, -0.2) is 4.79 Å². The molecule has 0 aliphatic heterocycles. The van der Waals surface area contributed by atoms with Gasteiger partial charge in [0.2, 0.25) is 0 Å². The molecule has 5 nitrogen and oxygen atoms in total. The Bertz CT molecular complexity index is 629. The van der Waals surface area contributed by atoms with Crippen molar-refractivity contribution in [2.45, 2.75) is 57.5 Å². The molecule has 132 valence electrons. The Hall–Kier alpha value is -1.75. The summed E-state index contributed by atoms with van der Waals surface area (Å²) in [5, 5.41) is 20.0. The lowest BCUT2D eigenvalue weighted by Crippen LogP contribution is -2.43. The van der Waals surface area contributed by atoms with Crippen LogP contribution in [0.2, 0.25) is 0 Å². The second-order valence-electron chi connectivity index (χ2n) is 7.84. The molecule has 5 atom stereocenters. The van der Waals surface area contributed by atoms with Crippen LogP contribution in [-0.2, 0) is 6.42 Å². The Labute approximate surface area is 143 Å². The summed E-state index contributed by atoms with van der Waals surface area (Å²) in [5.41, 5.74) is 11.5. The van der Waals surface area contributed by atoms with E-state index in [1.807, 2.05) is 12.1 Å². The van der Waals surface area contributed by atoms with E-state index >= 15 is 0 Å². The van der Waals surface area contributed by atoms with E-state index in [1.165, 1.54) is 30.4 Å². The fraction of sp³-hybridized carbons (Fsp3) is 0.632. The first kappa shape index (κ1) is 17.1. The summed E-state index contributed by atoms with van der Waals surface area (Å²) in [6, 6.07) is 5.12. The zero-order valence-electron chi connectivity index (χ0n) is 14.2. The molecule has 6 N–H and O–H groups in total. The van der Waals surface area contributed by atoms with Gasteiger partial charge in [-0.3, -0.25) is 0 Å². The molecule has 2 saturated carbocycles. The second kappa shape index (κ2) is 6.28. The molecule has 24 heavy (non-hydrogen) atoms. The standard InChI is InChI=1S/C18H24O2.CH4N2O/c1-18-9-8-14-13-5-3-12(19)10-11(13)2-4-15(14)16(18)6-7-17(18)20;2-1(3)4/h3,5,10,14-17,19-20H,2,4,6-9H2,1H3;(H4,2,3,4)/t14-,15-,16+,17+,18+;/m1./s1. The monoisotopic (exact) mass is 332 g/mol. The third kappa shape index (κ3) is 2.86. The predicted octanol–water partition coefficient (Wildman–Crippen LogP) is 2.63. The van der Waals surface area contributed by atoms with Crippen LogP contribution in [0, 0.1) is 17.3 Å². The summed E-state index contributed by atoms with van der Waals surface area (Å²) in [6.07, 6.45) is 6.78. The van der Waals surface area contributed by atoms with E-state index in [9.17, 15) is 10.2 Å². The molecule has 1 aromatic carbocycles. The Kier molecular flexibility index (Phi) is 4.47. The highest BCUT2D eigenvalue weighted by Gasteiger charge is 2.54. The van der Waals surface area contributed by atoms with Crippen LogP contribution in [0.25, 0.3) is 0 Å². The number of hydrogen-bond donors (Lipinski definition) is 4. The van der Waals surface area contributed by atoms with Gasteiger partial charge in [0.1, 0.15) is 5.75 Å². The lowest BCUT2D eigenvalue weighted by Gasteiger charge is -2.50. The molecule has 2 amide bonds.